The van der Waals surface area contributed by atoms with Crippen LogP contribution in [0.15, 0.2) is 29.6 Å². The molecule has 2 rings (SSSR count). The maximum Gasteiger partial charge on any atom is 0.338 e. The molecule has 0 saturated carbocycles. The third kappa shape index (κ3) is 4.14. The Kier molecular flexibility index (Phi) is 5.87. The zero-order valence-electron chi connectivity index (χ0n) is 13.7. The number of nitro groups is 1. The lowest BCUT2D eigenvalue weighted by molar-refractivity contribution is -0.386. The lowest BCUT2D eigenvalue weighted by Gasteiger charge is -2.14. The highest BCUT2D eigenvalue weighted by Crippen LogP contribution is 2.29. The molecule has 1 aromatic heterocycles. The third-order valence-electron chi connectivity index (χ3n) is 3.27. The smallest absolute Gasteiger partial charge is 0.338 e. The number of methoxy groups -OCH3 is 1. The van der Waals surface area contributed by atoms with Crippen LogP contribution in [0.2, 0.25) is 0 Å². The minimum Gasteiger partial charge on any atom is -0.474 e. The molecule has 26 heavy (non-hydrogen) atoms. The molecule has 0 aliphatic rings. The molecule has 9 nitrogen and oxygen atoms in total. The summed E-state index contributed by atoms with van der Waals surface area (Å²) >= 11 is 1.17. The van der Waals surface area contributed by atoms with Gasteiger partial charge in [-0.05, 0) is 30.5 Å². The van der Waals surface area contributed by atoms with Gasteiger partial charge < -0.3 is 14.8 Å². The van der Waals surface area contributed by atoms with Gasteiger partial charge in [0.25, 0.3) is 5.91 Å². The first-order valence-corrected chi connectivity index (χ1v) is 8.07. The molecule has 0 radical (unpaired) electrons. The molecule has 0 aliphatic carbocycles. The summed E-state index contributed by atoms with van der Waals surface area (Å²) in [6.07, 6.45) is -1.08. The number of carbonyl (C=O) groups excluding carboxylic acids is 2. The Hall–Kier alpha value is -3.45. The van der Waals surface area contributed by atoms with Gasteiger partial charge in [0.1, 0.15) is 11.1 Å². The average molecular weight is 375 g/mol. The van der Waals surface area contributed by atoms with E-state index >= 15 is 0 Å². The second kappa shape index (κ2) is 8.09. The highest BCUT2D eigenvalue weighted by Gasteiger charge is 2.24. The minimum absolute atomic E-state index is 0.0131. The number of nitrogens with one attached hydrogen (secondary N) is 1. The van der Waals surface area contributed by atoms with Crippen molar-refractivity contribution in [3.05, 3.63) is 50.9 Å². The Balaban J connectivity index is 2.18. The molecule has 0 aliphatic heterocycles. The SMILES string of the molecule is COC(=O)c1ccc(O[C@H](C)C(=O)Nc2sccc2C#N)c([N+](=O)[O-])c1. The summed E-state index contributed by atoms with van der Waals surface area (Å²) in [5.74, 6) is -1.47. The Morgan fingerprint density at radius 2 is 2.12 bits per heavy atom. The number of anilines is 1. The van der Waals surface area contributed by atoms with E-state index in [2.05, 4.69) is 10.1 Å². The number of hydrogen-bond acceptors (Lipinski definition) is 8. The van der Waals surface area contributed by atoms with Gasteiger partial charge in [-0.25, -0.2) is 4.79 Å². The molecule has 1 heterocycles. The van der Waals surface area contributed by atoms with Crippen LogP contribution >= 0.6 is 11.3 Å². The molecule has 1 amide bonds. The maximum absolute atomic E-state index is 12.2. The molecule has 0 fully saturated rings. The fourth-order valence-electron chi connectivity index (χ4n) is 1.96. The van der Waals surface area contributed by atoms with Crippen molar-refractivity contribution in [3.8, 4) is 11.8 Å². The van der Waals surface area contributed by atoms with Gasteiger partial charge in [0.05, 0.1) is 23.2 Å². The summed E-state index contributed by atoms with van der Waals surface area (Å²) < 4.78 is 9.89. The normalized spacial score (nSPS) is 11.1. The number of ether oxygens (including phenoxy) is 2. The third-order valence-corrected chi connectivity index (χ3v) is 4.10. The van der Waals surface area contributed by atoms with Gasteiger partial charge in [-0.2, -0.15) is 5.26 Å². The van der Waals surface area contributed by atoms with Crippen LogP contribution in [0.3, 0.4) is 0 Å². The fraction of sp³-hybridized carbons (Fsp3) is 0.188. The van der Waals surface area contributed by atoms with Gasteiger partial charge in [-0.3, -0.25) is 14.9 Å². The standard InChI is InChI=1S/C16H13N3O6S/c1-9(14(20)18-15-11(8-17)5-6-26-15)25-13-4-3-10(16(21)24-2)7-12(13)19(22)23/h3-7,9H,1-2H3,(H,18,20)/t9-/m1/s1. The number of carbonyl (C=O) groups is 2. The first-order chi connectivity index (χ1) is 12.4. The second-order valence-electron chi connectivity index (χ2n) is 4.96. The molecule has 10 heteroatoms. The number of hydrogen-bond donors (Lipinski definition) is 1. The quantitative estimate of drug-likeness (QED) is 0.466. The van der Waals surface area contributed by atoms with Crippen LogP contribution in [0.1, 0.15) is 22.8 Å². The lowest BCUT2D eigenvalue weighted by Crippen LogP contribution is -2.30. The molecule has 1 N–H and O–H groups in total. The molecular weight excluding hydrogens is 362 g/mol. The summed E-state index contributed by atoms with van der Waals surface area (Å²) in [4.78, 5) is 34.2. The molecule has 1 aromatic carbocycles. The molecular formula is C16H13N3O6S. The first kappa shape index (κ1) is 18.9. The van der Waals surface area contributed by atoms with Gasteiger partial charge in [-0.15, -0.1) is 11.3 Å². The van der Waals surface area contributed by atoms with Crippen molar-refractivity contribution < 1.29 is 24.0 Å². The Morgan fingerprint density at radius 3 is 2.73 bits per heavy atom. The van der Waals surface area contributed by atoms with Gasteiger partial charge in [0.15, 0.2) is 11.9 Å². The number of amides is 1. The fourth-order valence-corrected chi connectivity index (χ4v) is 2.70. The second-order valence-corrected chi connectivity index (χ2v) is 5.87. The lowest BCUT2D eigenvalue weighted by atomic mass is 10.2. The largest absolute Gasteiger partial charge is 0.474 e. The summed E-state index contributed by atoms with van der Waals surface area (Å²) in [6, 6.07) is 7.03. The average Bonchev–Trinajstić information content (AvgIpc) is 3.08. The number of thiophene rings is 1. The van der Waals surface area contributed by atoms with Crippen molar-refractivity contribution >= 4 is 33.9 Å². The van der Waals surface area contributed by atoms with Gasteiger partial charge in [0.2, 0.25) is 0 Å². The summed E-state index contributed by atoms with van der Waals surface area (Å²) in [5.41, 5.74) is -0.175. The van der Waals surface area contributed by atoms with Crippen molar-refractivity contribution in [3.63, 3.8) is 0 Å². The number of esters is 1. The highest BCUT2D eigenvalue weighted by atomic mass is 32.1. The monoisotopic (exact) mass is 375 g/mol. The van der Waals surface area contributed by atoms with Crippen LogP contribution in [0.5, 0.6) is 5.75 Å². The van der Waals surface area contributed by atoms with E-state index < -0.39 is 28.6 Å². The highest BCUT2D eigenvalue weighted by molar-refractivity contribution is 7.14. The van der Waals surface area contributed by atoms with E-state index in [4.69, 9.17) is 10.00 Å². The van der Waals surface area contributed by atoms with Crippen molar-refractivity contribution in [1.29, 1.82) is 5.26 Å². The van der Waals surface area contributed by atoms with Crippen LogP contribution in [-0.2, 0) is 9.53 Å². The molecule has 0 spiro atoms. The van der Waals surface area contributed by atoms with Crippen molar-refractivity contribution in [2.45, 2.75) is 13.0 Å². The molecule has 0 bridgehead atoms. The van der Waals surface area contributed by atoms with E-state index in [9.17, 15) is 19.7 Å². The minimum atomic E-state index is -1.08. The van der Waals surface area contributed by atoms with E-state index in [0.717, 1.165) is 13.2 Å². The van der Waals surface area contributed by atoms with Crippen molar-refractivity contribution in [2.24, 2.45) is 0 Å². The Morgan fingerprint density at radius 1 is 1.38 bits per heavy atom. The number of rotatable bonds is 6. The molecule has 0 saturated heterocycles. The van der Waals surface area contributed by atoms with Gasteiger partial charge >= 0.3 is 11.7 Å². The number of nitriles is 1. The zero-order valence-corrected chi connectivity index (χ0v) is 14.5. The topological polar surface area (TPSA) is 132 Å². The summed E-state index contributed by atoms with van der Waals surface area (Å²) in [7, 11) is 1.16. The molecule has 134 valence electrons. The van der Waals surface area contributed by atoms with Crippen LogP contribution in [0, 0.1) is 21.4 Å². The summed E-state index contributed by atoms with van der Waals surface area (Å²) in [6.45, 7) is 1.41. The van der Waals surface area contributed by atoms with E-state index in [-0.39, 0.29) is 11.3 Å². The van der Waals surface area contributed by atoms with Crippen LogP contribution < -0.4 is 10.1 Å². The molecule has 0 unspecified atom stereocenters. The van der Waals surface area contributed by atoms with Crippen LogP contribution in [0.4, 0.5) is 10.7 Å². The number of benzene rings is 1. The van der Waals surface area contributed by atoms with Gasteiger partial charge in [-0.1, -0.05) is 0 Å². The predicted octanol–water partition coefficient (Wildman–Crippen LogP) is 2.72. The first-order valence-electron chi connectivity index (χ1n) is 7.19. The van der Waals surface area contributed by atoms with Crippen molar-refractivity contribution in [1.82, 2.24) is 0 Å². The number of nitro benzene ring substituents is 1. The van der Waals surface area contributed by atoms with Crippen LogP contribution in [0.25, 0.3) is 0 Å². The summed E-state index contributed by atoms with van der Waals surface area (Å²) in [5, 5.41) is 24.7. The van der Waals surface area contributed by atoms with Crippen molar-refractivity contribution in [2.75, 3.05) is 12.4 Å². The molecule has 1 atom stereocenters. The Bertz CT molecular complexity index is 902. The van der Waals surface area contributed by atoms with Gasteiger partial charge in [0, 0.05) is 6.07 Å². The van der Waals surface area contributed by atoms with E-state index in [0.29, 0.717) is 10.6 Å². The maximum atomic E-state index is 12.2. The molecule has 2 aromatic rings. The van der Waals surface area contributed by atoms with Crippen LogP contribution in [-0.4, -0.2) is 30.0 Å². The van der Waals surface area contributed by atoms with E-state index in [1.54, 1.807) is 11.4 Å². The van der Waals surface area contributed by atoms with E-state index in [1.165, 1.54) is 30.4 Å². The van der Waals surface area contributed by atoms with E-state index in [1.807, 2.05) is 6.07 Å². The predicted molar refractivity (Wildman–Crippen MR) is 92.2 cm³/mol. The number of nitrogens with zero attached hydrogens (tertiary/aromatic N) is 2. The Labute approximate surface area is 151 Å². The zero-order chi connectivity index (χ0) is 19.3.